The van der Waals surface area contributed by atoms with Crippen LogP contribution in [0, 0.1) is 6.92 Å². The van der Waals surface area contributed by atoms with Crippen LogP contribution >= 0.6 is 23.1 Å². The van der Waals surface area contributed by atoms with Gasteiger partial charge in [0, 0.05) is 18.5 Å². The van der Waals surface area contributed by atoms with Gasteiger partial charge in [0.1, 0.15) is 4.34 Å². The summed E-state index contributed by atoms with van der Waals surface area (Å²) < 4.78 is 6.24. The van der Waals surface area contributed by atoms with Crippen LogP contribution in [0.2, 0.25) is 0 Å². The SMILES string of the molecule is Cc1nnc(CSc2nccs2)o1. The zero-order chi connectivity index (χ0) is 9.10. The Morgan fingerprint density at radius 2 is 2.46 bits per heavy atom. The first-order chi connectivity index (χ1) is 6.34. The maximum absolute atomic E-state index is 5.22. The summed E-state index contributed by atoms with van der Waals surface area (Å²) in [5, 5.41) is 9.57. The van der Waals surface area contributed by atoms with Crippen molar-refractivity contribution < 1.29 is 4.42 Å². The summed E-state index contributed by atoms with van der Waals surface area (Å²) >= 11 is 3.22. The molecule has 0 amide bonds. The van der Waals surface area contributed by atoms with E-state index in [0.29, 0.717) is 17.5 Å². The van der Waals surface area contributed by atoms with E-state index in [1.54, 1.807) is 36.2 Å². The Morgan fingerprint density at radius 3 is 3.08 bits per heavy atom. The topological polar surface area (TPSA) is 51.8 Å². The third-order valence-corrected chi connectivity index (χ3v) is 3.25. The quantitative estimate of drug-likeness (QED) is 0.731. The average Bonchev–Trinajstić information content (AvgIpc) is 2.71. The van der Waals surface area contributed by atoms with Crippen molar-refractivity contribution >= 4 is 23.1 Å². The largest absolute Gasteiger partial charge is 0.425 e. The highest BCUT2D eigenvalue weighted by Crippen LogP contribution is 2.23. The summed E-state index contributed by atoms with van der Waals surface area (Å²) in [6, 6.07) is 0. The molecule has 0 aliphatic rings. The van der Waals surface area contributed by atoms with Gasteiger partial charge in [-0.25, -0.2) is 4.98 Å². The number of rotatable bonds is 3. The maximum atomic E-state index is 5.22. The van der Waals surface area contributed by atoms with Crippen LogP contribution < -0.4 is 0 Å². The van der Waals surface area contributed by atoms with Gasteiger partial charge in [0.05, 0.1) is 5.75 Å². The van der Waals surface area contributed by atoms with E-state index in [-0.39, 0.29) is 0 Å². The molecule has 2 aromatic heterocycles. The summed E-state index contributed by atoms with van der Waals surface area (Å²) in [5.41, 5.74) is 0. The van der Waals surface area contributed by atoms with Crippen LogP contribution in [0.1, 0.15) is 11.8 Å². The van der Waals surface area contributed by atoms with Gasteiger partial charge in [0.2, 0.25) is 11.8 Å². The minimum Gasteiger partial charge on any atom is -0.425 e. The summed E-state index contributed by atoms with van der Waals surface area (Å²) in [7, 11) is 0. The highest BCUT2D eigenvalue weighted by molar-refractivity contribution is 8.00. The zero-order valence-electron chi connectivity index (χ0n) is 6.93. The molecule has 0 bridgehead atoms. The van der Waals surface area contributed by atoms with Crippen LogP contribution in [0.3, 0.4) is 0 Å². The Bertz CT molecular complexity index is 371. The number of nitrogens with zero attached hydrogens (tertiary/aromatic N) is 3. The second-order valence-corrected chi connectivity index (χ2v) is 4.42. The lowest BCUT2D eigenvalue weighted by Crippen LogP contribution is -1.79. The molecule has 6 heteroatoms. The number of aromatic nitrogens is 3. The lowest BCUT2D eigenvalue weighted by atomic mass is 10.8. The smallest absolute Gasteiger partial charge is 0.226 e. The number of thiazole rings is 1. The van der Waals surface area contributed by atoms with Crippen molar-refractivity contribution in [1.82, 2.24) is 15.2 Å². The van der Waals surface area contributed by atoms with E-state index in [4.69, 9.17) is 4.42 Å². The van der Waals surface area contributed by atoms with E-state index in [9.17, 15) is 0 Å². The van der Waals surface area contributed by atoms with Gasteiger partial charge in [-0.3, -0.25) is 0 Å². The van der Waals surface area contributed by atoms with Gasteiger partial charge in [-0.05, 0) is 0 Å². The normalized spacial score (nSPS) is 10.5. The van der Waals surface area contributed by atoms with E-state index in [2.05, 4.69) is 15.2 Å². The van der Waals surface area contributed by atoms with E-state index < -0.39 is 0 Å². The molecule has 2 heterocycles. The molecule has 0 radical (unpaired) electrons. The summed E-state index contributed by atoms with van der Waals surface area (Å²) in [5.74, 6) is 1.95. The molecule has 68 valence electrons. The van der Waals surface area contributed by atoms with Crippen LogP contribution in [0.25, 0.3) is 0 Å². The van der Waals surface area contributed by atoms with Gasteiger partial charge < -0.3 is 4.42 Å². The third kappa shape index (κ3) is 2.28. The molecular weight excluding hydrogens is 206 g/mol. The third-order valence-electron chi connectivity index (χ3n) is 1.30. The van der Waals surface area contributed by atoms with Gasteiger partial charge >= 0.3 is 0 Å². The fourth-order valence-electron chi connectivity index (χ4n) is 0.801. The van der Waals surface area contributed by atoms with Crippen LogP contribution in [-0.4, -0.2) is 15.2 Å². The van der Waals surface area contributed by atoms with Crippen molar-refractivity contribution in [2.75, 3.05) is 0 Å². The van der Waals surface area contributed by atoms with Crippen molar-refractivity contribution in [3.05, 3.63) is 23.4 Å². The lowest BCUT2D eigenvalue weighted by Gasteiger charge is -1.89. The van der Waals surface area contributed by atoms with Gasteiger partial charge in [0.15, 0.2) is 0 Å². The standard InChI is InChI=1S/C7H7N3OS2/c1-5-9-10-6(11-5)4-13-7-8-2-3-12-7/h2-3H,4H2,1H3. The Hall–Kier alpha value is -0.880. The maximum Gasteiger partial charge on any atom is 0.226 e. The first kappa shape index (κ1) is 8.71. The zero-order valence-corrected chi connectivity index (χ0v) is 8.56. The molecule has 2 aromatic rings. The highest BCUT2D eigenvalue weighted by Gasteiger charge is 2.03. The first-order valence-corrected chi connectivity index (χ1v) is 5.52. The second kappa shape index (κ2) is 3.89. The fraction of sp³-hybridized carbons (Fsp3) is 0.286. The molecule has 0 aliphatic heterocycles. The van der Waals surface area contributed by atoms with E-state index >= 15 is 0 Å². The first-order valence-electron chi connectivity index (χ1n) is 3.66. The molecule has 2 rings (SSSR count). The van der Waals surface area contributed by atoms with Crippen molar-refractivity contribution in [2.24, 2.45) is 0 Å². The van der Waals surface area contributed by atoms with Crippen molar-refractivity contribution in [2.45, 2.75) is 17.0 Å². The monoisotopic (exact) mass is 213 g/mol. The van der Waals surface area contributed by atoms with Gasteiger partial charge in [-0.2, -0.15) is 0 Å². The molecule has 13 heavy (non-hydrogen) atoms. The predicted octanol–water partition coefficient (Wildman–Crippen LogP) is 2.13. The van der Waals surface area contributed by atoms with Crippen molar-refractivity contribution in [1.29, 1.82) is 0 Å². The molecule has 0 N–H and O–H groups in total. The van der Waals surface area contributed by atoms with E-state index in [1.807, 2.05) is 5.38 Å². The Morgan fingerprint density at radius 1 is 1.54 bits per heavy atom. The minimum atomic E-state index is 0.606. The molecular formula is C7H7N3OS2. The van der Waals surface area contributed by atoms with Crippen LogP contribution in [-0.2, 0) is 5.75 Å². The minimum absolute atomic E-state index is 0.606. The molecule has 4 nitrogen and oxygen atoms in total. The molecule has 0 atom stereocenters. The van der Waals surface area contributed by atoms with E-state index in [0.717, 1.165) is 4.34 Å². The highest BCUT2D eigenvalue weighted by atomic mass is 32.2. The Labute approximate surface area is 83.4 Å². The Balaban J connectivity index is 1.93. The molecule has 0 aromatic carbocycles. The molecule has 0 saturated carbocycles. The van der Waals surface area contributed by atoms with Crippen molar-refractivity contribution in [3.63, 3.8) is 0 Å². The molecule has 0 fully saturated rings. The van der Waals surface area contributed by atoms with Crippen LogP contribution in [0.5, 0.6) is 0 Å². The molecule has 0 saturated heterocycles. The second-order valence-electron chi connectivity index (χ2n) is 2.30. The number of thioether (sulfide) groups is 1. The molecule has 0 aliphatic carbocycles. The molecule has 0 unspecified atom stereocenters. The summed E-state index contributed by atoms with van der Waals surface area (Å²) in [6.07, 6.45) is 1.78. The van der Waals surface area contributed by atoms with Crippen molar-refractivity contribution in [3.8, 4) is 0 Å². The van der Waals surface area contributed by atoms with E-state index in [1.165, 1.54) is 0 Å². The summed E-state index contributed by atoms with van der Waals surface area (Å²) in [6.45, 7) is 1.78. The van der Waals surface area contributed by atoms with Gasteiger partial charge in [-0.15, -0.1) is 21.5 Å². The van der Waals surface area contributed by atoms with Crippen LogP contribution in [0.15, 0.2) is 20.3 Å². The number of hydrogen-bond donors (Lipinski definition) is 0. The predicted molar refractivity (Wildman–Crippen MR) is 50.7 cm³/mol. The molecule has 0 spiro atoms. The summed E-state index contributed by atoms with van der Waals surface area (Å²) in [4.78, 5) is 4.13. The number of hydrogen-bond acceptors (Lipinski definition) is 6. The van der Waals surface area contributed by atoms with Gasteiger partial charge in [0.25, 0.3) is 0 Å². The number of aryl methyl sites for hydroxylation is 1. The Kier molecular flexibility index (Phi) is 2.60. The van der Waals surface area contributed by atoms with Gasteiger partial charge in [-0.1, -0.05) is 11.8 Å². The average molecular weight is 213 g/mol. The van der Waals surface area contributed by atoms with Crippen LogP contribution in [0.4, 0.5) is 0 Å². The lowest BCUT2D eigenvalue weighted by molar-refractivity contribution is 0.485. The fourth-order valence-corrected chi connectivity index (χ4v) is 2.28.